The first-order valence-electron chi connectivity index (χ1n) is 11.2. The van der Waals surface area contributed by atoms with Gasteiger partial charge in [-0.1, -0.05) is 60.2 Å². The van der Waals surface area contributed by atoms with E-state index in [1.54, 1.807) is 0 Å². The highest BCUT2D eigenvalue weighted by molar-refractivity contribution is 6.31. The van der Waals surface area contributed by atoms with E-state index in [-0.39, 0.29) is 0 Å². The summed E-state index contributed by atoms with van der Waals surface area (Å²) in [5, 5.41) is 6.36. The predicted octanol–water partition coefficient (Wildman–Crippen LogP) is 7.98. The first kappa shape index (κ1) is 17.7. The number of nitrogens with zero attached hydrogens (tertiary/aromatic N) is 2. The van der Waals surface area contributed by atoms with Crippen LogP contribution in [0, 0.1) is 20.8 Å². The molecule has 7 aromatic rings. The number of hydrogen-bond acceptors (Lipinski definition) is 1. The van der Waals surface area contributed by atoms with E-state index in [2.05, 4.69) is 98.0 Å². The number of fused-ring (bicyclic) bond motifs is 6. The Labute approximate surface area is 186 Å². The normalized spacial score (nSPS) is 12.2. The minimum Gasteiger partial charge on any atom is -0.307 e. The Kier molecular flexibility index (Phi) is 3.37. The average molecular weight is 411 g/mol. The van der Waals surface area contributed by atoms with Crippen LogP contribution in [0.4, 0.5) is 0 Å². The molecule has 0 unspecified atom stereocenters. The Balaban J connectivity index is 1.92. The van der Waals surface area contributed by atoms with Gasteiger partial charge in [-0.25, -0.2) is 0 Å². The summed E-state index contributed by atoms with van der Waals surface area (Å²) in [6, 6.07) is 26.6. The Hall–Kier alpha value is -3.91. The van der Waals surface area contributed by atoms with Crippen LogP contribution in [0.25, 0.3) is 60.1 Å². The van der Waals surface area contributed by atoms with Crippen molar-refractivity contribution in [3.05, 3.63) is 95.7 Å². The Morgan fingerprint density at radius 3 is 2.31 bits per heavy atom. The number of pyridine rings is 2. The Bertz CT molecular complexity index is 1840. The fraction of sp³-hybridized carbons (Fsp3) is 0.100. The van der Waals surface area contributed by atoms with E-state index in [0.717, 1.165) is 5.52 Å². The fourth-order valence-corrected chi connectivity index (χ4v) is 5.80. The van der Waals surface area contributed by atoms with Crippen molar-refractivity contribution < 1.29 is 0 Å². The fourth-order valence-electron chi connectivity index (χ4n) is 5.80. The summed E-state index contributed by atoms with van der Waals surface area (Å²) < 4.78 is 2.52. The second-order valence-electron chi connectivity index (χ2n) is 9.06. The molecule has 4 aromatic carbocycles. The van der Waals surface area contributed by atoms with Gasteiger partial charge in [-0.2, -0.15) is 0 Å². The van der Waals surface area contributed by atoms with Gasteiger partial charge in [-0.05, 0) is 66.6 Å². The van der Waals surface area contributed by atoms with Crippen molar-refractivity contribution in [1.82, 2.24) is 9.38 Å². The second-order valence-corrected chi connectivity index (χ2v) is 9.06. The number of aromatic nitrogens is 2. The molecule has 152 valence electrons. The lowest BCUT2D eigenvalue weighted by molar-refractivity contribution is 1.28. The molecule has 0 atom stereocenters. The van der Waals surface area contributed by atoms with Crippen molar-refractivity contribution in [3.8, 4) is 11.1 Å². The van der Waals surface area contributed by atoms with E-state index in [0.29, 0.717) is 0 Å². The lowest BCUT2D eigenvalue weighted by atomic mass is 9.93. The molecule has 3 heterocycles. The van der Waals surface area contributed by atoms with E-state index in [1.807, 2.05) is 6.20 Å². The number of aryl methyl sites for hydroxylation is 3. The van der Waals surface area contributed by atoms with Gasteiger partial charge in [0, 0.05) is 27.7 Å². The standard InChI is InChI=1S/C30H22N2/c1-17-14-19(3)29-24(15-17)27-25-21(12-13-31-27)16-23(20-9-5-4-6-10-20)26-22-11-7-8-18(2)28(22)32(29)30(25)26/h4-16H,1-3H3. The van der Waals surface area contributed by atoms with Crippen molar-refractivity contribution in [3.63, 3.8) is 0 Å². The van der Waals surface area contributed by atoms with Crippen molar-refractivity contribution in [2.24, 2.45) is 0 Å². The monoisotopic (exact) mass is 410 g/mol. The van der Waals surface area contributed by atoms with Crippen molar-refractivity contribution in [1.29, 1.82) is 0 Å². The van der Waals surface area contributed by atoms with Crippen LogP contribution >= 0.6 is 0 Å². The molecule has 0 spiro atoms. The van der Waals surface area contributed by atoms with E-state index >= 15 is 0 Å². The maximum absolute atomic E-state index is 4.93. The highest BCUT2D eigenvalue weighted by Gasteiger charge is 2.23. The number of para-hydroxylation sites is 1. The molecule has 0 amide bonds. The third-order valence-electron chi connectivity index (χ3n) is 6.99. The molecule has 2 nitrogen and oxygen atoms in total. The average Bonchev–Trinajstić information content (AvgIpc) is 3.15. The van der Waals surface area contributed by atoms with Crippen molar-refractivity contribution in [2.75, 3.05) is 0 Å². The van der Waals surface area contributed by atoms with Crippen molar-refractivity contribution >= 4 is 49.0 Å². The third-order valence-corrected chi connectivity index (χ3v) is 6.99. The van der Waals surface area contributed by atoms with Gasteiger partial charge in [0.25, 0.3) is 0 Å². The van der Waals surface area contributed by atoms with Gasteiger partial charge in [0.1, 0.15) is 0 Å². The van der Waals surface area contributed by atoms with Crippen LogP contribution in [0.15, 0.2) is 79.0 Å². The molecule has 0 aliphatic rings. The molecule has 32 heavy (non-hydrogen) atoms. The summed E-state index contributed by atoms with van der Waals surface area (Å²) in [7, 11) is 0. The topological polar surface area (TPSA) is 17.3 Å². The van der Waals surface area contributed by atoms with Gasteiger partial charge in [0.2, 0.25) is 0 Å². The zero-order valence-electron chi connectivity index (χ0n) is 18.4. The molecule has 0 aliphatic carbocycles. The van der Waals surface area contributed by atoms with Gasteiger partial charge >= 0.3 is 0 Å². The summed E-state index contributed by atoms with van der Waals surface area (Å²) in [5.41, 5.74) is 11.3. The van der Waals surface area contributed by atoms with Crippen LogP contribution < -0.4 is 0 Å². The lowest BCUT2D eigenvalue weighted by Crippen LogP contribution is -1.98. The van der Waals surface area contributed by atoms with Crippen LogP contribution in [0.2, 0.25) is 0 Å². The van der Waals surface area contributed by atoms with E-state index in [1.165, 1.54) is 71.3 Å². The van der Waals surface area contributed by atoms with E-state index in [9.17, 15) is 0 Å². The highest BCUT2D eigenvalue weighted by atomic mass is 14.9. The summed E-state index contributed by atoms with van der Waals surface area (Å²) in [5.74, 6) is 0. The highest BCUT2D eigenvalue weighted by Crippen LogP contribution is 2.46. The largest absolute Gasteiger partial charge is 0.307 e. The molecule has 0 saturated carbocycles. The van der Waals surface area contributed by atoms with Gasteiger partial charge in [-0.15, -0.1) is 0 Å². The van der Waals surface area contributed by atoms with Gasteiger partial charge in [0.15, 0.2) is 0 Å². The summed E-state index contributed by atoms with van der Waals surface area (Å²) in [4.78, 5) is 4.93. The zero-order valence-corrected chi connectivity index (χ0v) is 18.4. The second kappa shape index (κ2) is 6.08. The Morgan fingerprint density at radius 2 is 1.47 bits per heavy atom. The van der Waals surface area contributed by atoms with Crippen LogP contribution in [0.5, 0.6) is 0 Å². The SMILES string of the molecule is Cc1cc(C)c2c(c1)c1nccc3cc(-c4ccccc4)c4c5cccc(C)c5n2c4c31. The number of rotatable bonds is 1. The molecular formula is C30H22N2. The van der Waals surface area contributed by atoms with Gasteiger partial charge < -0.3 is 4.40 Å². The van der Waals surface area contributed by atoms with Crippen LogP contribution in [-0.2, 0) is 0 Å². The van der Waals surface area contributed by atoms with Crippen LogP contribution in [0.1, 0.15) is 16.7 Å². The lowest BCUT2D eigenvalue weighted by Gasteiger charge is -2.16. The third kappa shape index (κ3) is 2.12. The maximum Gasteiger partial charge on any atom is 0.0822 e. The maximum atomic E-state index is 4.93. The smallest absolute Gasteiger partial charge is 0.0822 e. The predicted molar refractivity (Wildman–Crippen MR) is 136 cm³/mol. The molecule has 0 bridgehead atoms. The molecule has 0 radical (unpaired) electrons. The van der Waals surface area contributed by atoms with Crippen LogP contribution in [0.3, 0.4) is 0 Å². The summed E-state index contributed by atoms with van der Waals surface area (Å²) in [6.45, 7) is 6.63. The van der Waals surface area contributed by atoms with Gasteiger partial charge in [0.05, 0.1) is 22.1 Å². The Morgan fingerprint density at radius 1 is 0.656 bits per heavy atom. The molecule has 2 heteroatoms. The first-order chi connectivity index (χ1) is 15.6. The van der Waals surface area contributed by atoms with Gasteiger partial charge in [-0.3, -0.25) is 4.98 Å². The zero-order chi connectivity index (χ0) is 21.6. The summed E-state index contributed by atoms with van der Waals surface area (Å²) >= 11 is 0. The molecular weight excluding hydrogens is 388 g/mol. The number of benzene rings is 4. The van der Waals surface area contributed by atoms with E-state index in [4.69, 9.17) is 4.98 Å². The summed E-state index contributed by atoms with van der Waals surface area (Å²) in [6.07, 6.45) is 1.96. The molecule has 0 aliphatic heterocycles. The number of hydrogen-bond donors (Lipinski definition) is 0. The van der Waals surface area contributed by atoms with Crippen LogP contribution in [-0.4, -0.2) is 9.38 Å². The molecule has 0 saturated heterocycles. The quantitative estimate of drug-likeness (QED) is 0.198. The molecule has 0 fully saturated rings. The minimum atomic E-state index is 1.10. The minimum absolute atomic E-state index is 1.10. The molecule has 7 rings (SSSR count). The first-order valence-corrected chi connectivity index (χ1v) is 11.2. The van der Waals surface area contributed by atoms with E-state index < -0.39 is 0 Å². The molecule has 0 N–H and O–H groups in total. The van der Waals surface area contributed by atoms with Crippen molar-refractivity contribution in [2.45, 2.75) is 20.8 Å². The molecule has 3 aromatic heterocycles.